The third-order valence-corrected chi connectivity index (χ3v) is 5.58. The van der Waals surface area contributed by atoms with Gasteiger partial charge < -0.3 is 9.47 Å². The van der Waals surface area contributed by atoms with Gasteiger partial charge in [0, 0.05) is 6.42 Å². The van der Waals surface area contributed by atoms with Crippen LogP contribution < -0.4 is 9.47 Å². The Balaban J connectivity index is 2.80. The topological polar surface area (TPSA) is 52.6 Å². The van der Waals surface area contributed by atoms with Crippen LogP contribution >= 0.6 is 0 Å². The molecule has 0 saturated heterocycles. The molecule has 0 unspecified atom stereocenters. The highest BCUT2D eigenvalue weighted by Crippen LogP contribution is 2.50. The first kappa shape index (κ1) is 38.2. The molecule has 0 aliphatic heterocycles. The molecular formula is C23H9F19O4. The fourth-order valence-electron chi connectivity index (χ4n) is 3.37. The van der Waals surface area contributed by atoms with Gasteiger partial charge in [0.05, 0.1) is 33.4 Å². The molecule has 0 bridgehead atoms. The molecule has 0 atom stereocenters. The van der Waals surface area contributed by atoms with Gasteiger partial charge in [-0.2, -0.15) is 79.0 Å². The Bertz CT molecular complexity index is 1310. The smallest absolute Gasteiger partial charge is 0.420 e. The van der Waals surface area contributed by atoms with Gasteiger partial charge in [-0.15, -0.1) is 0 Å². The maximum absolute atomic E-state index is 15.5. The van der Waals surface area contributed by atoms with Crippen molar-refractivity contribution < 1.29 is 102 Å². The molecule has 0 aliphatic rings. The zero-order valence-corrected chi connectivity index (χ0v) is 21.3. The molecule has 258 valence electrons. The minimum Gasteiger partial charge on any atom is -0.422 e. The van der Waals surface area contributed by atoms with E-state index >= 15 is 4.39 Å². The fourth-order valence-corrected chi connectivity index (χ4v) is 3.37. The third kappa shape index (κ3) is 8.06. The zero-order chi connectivity index (χ0) is 36.2. The molecule has 46 heavy (non-hydrogen) atoms. The summed E-state index contributed by atoms with van der Waals surface area (Å²) < 4.78 is 263. The van der Waals surface area contributed by atoms with Gasteiger partial charge in [0.1, 0.15) is 0 Å². The van der Waals surface area contributed by atoms with E-state index in [1.54, 1.807) is 0 Å². The highest BCUT2D eigenvalue weighted by molar-refractivity contribution is 6.05. The second-order valence-corrected chi connectivity index (χ2v) is 8.72. The molecule has 2 rings (SSSR count). The number of hydrogen-bond donors (Lipinski definition) is 0. The van der Waals surface area contributed by atoms with Crippen molar-refractivity contribution in [2.75, 3.05) is 0 Å². The van der Waals surface area contributed by atoms with Crippen LogP contribution in [0.4, 0.5) is 83.4 Å². The Morgan fingerprint density at radius 3 is 0.826 bits per heavy atom. The summed E-state index contributed by atoms with van der Waals surface area (Å²) in [5.41, 5.74) is -22.5. The zero-order valence-electron chi connectivity index (χ0n) is 21.3. The number of rotatable bonds is 5. The Hall–Kier alpha value is -3.95. The van der Waals surface area contributed by atoms with Crippen molar-refractivity contribution in [3.8, 4) is 11.5 Å². The second kappa shape index (κ2) is 11.7. The van der Waals surface area contributed by atoms with Crippen LogP contribution in [0.1, 0.15) is 46.7 Å². The Labute approximate surface area is 240 Å². The van der Waals surface area contributed by atoms with Gasteiger partial charge in [-0.1, -0.05) is 6.92 Å². The summed E-state index contributed by atoms with van der Waals surface area (Å²) in [5, 5.41) is 0. The largest absolute Gasteiger partial charge is 0.422 e. The molecule has 0 spiro atoms. The summed E-state index contributed by atoms with van der Waals surface area (Å²) in [6, 6.07) is -4.18. The lowest BCUT2D eigenvalue weighted by Gasteiger charge is -2.25. The molecule has 0 N–H and O–H groups in total. The van der Waals surface area contributed by atoms with E-state index in [-0.39, 0.29) is 6.92 Å². The second-order valence-electron chi connectivity index (χ2n) is 8.72. The van der Waals surface area contributed by atoms with Crippen LogP contribution in [0.15, 0.2) is 24.3 Å². The van der Waals surface area contributed by atoms with E-state index in [1.807, 2.05) is 0 Å². The van der Waals surface area contributed by atoms with Crippen LogP contribution in [0.5, 0.6) is 11.5 Å². The summed E-state index contributed by atoms with van der Waals surface area (Å²) >= 11 is 0. The Morgan fingerprint density at radius 2 is 0.674 bits per heavy atom. The molecule has 0 amide bonds. The Morgan fingerprint density at radius 1 is 0.457 bits per heavy atom. The lowest BCUT2D eigenvalue weighted by molar-refractivity contribution is -0.166. The maximum Gasteiger partial charge on any atom is 0.420 e. The van der Waals surface area contributed by atoms with Crippen molar-refractivity contribution in [3.63, 3.8) is 0 Å². The average molecular weight is 710 g/mol. The lowest BCUT2D eigenvalue weighted by Crippen LogP contribution is -2.47. The van der Waals surface area contributed by atoms with E-state index in [0.29, 0.717) is 0 Å². The number of halogens is 19. The van der Waals surface area contributed by atoms with E-state index in [0.717, 1.165) is 0 Å². The Kier molecular flexibility index (Phi) is 9.72. The number of alkyl halides is 19. The van der Waals surface area contributed by atoms with Crippen LogP contribution in [0.25, 0.3) is 0 Å². The van der Waals surface area contributed by atoms with Crippen LogP contribution in [0.2, 0.25) is 0 Å². The quantitative estimate of drug-likeness (QED) is 0.134. The molecule has 23 heteroatoms. The molecule has 0 aromatic heterocycles. The minimum atomic E-state index is -6.27. The molecule has 0 radical (unpaired) electrons. The third-order valence-electron chi connectivity index (χ3n) is 5.58. The number of benzene rings is 2. The SMILES string of the molecule is CCC(F)(C(=O)Oc1c(C(F)(F)F)cc(C(F)(F)F)cc1C(F)(F)F)C(=O)Oc1c(C(F)(F)F)cc(C(F)(F)F)cc1C(F)(F)F. The van der Waals surface area contributed by atoms with E-state index < -0.39 is 130 Å². The first-order valence-electron chi connectivity index (χ1n) is 11.2. The molecule has 0 fully saturated rings. The van der Waals surface area contributed by atoms with Crippen molar-refractivity contribution in [1.82, 2.24) is 0 Å². The van der Waals surface area contributed by atoms with Crippen LogP contribution in [0, 0.1) is 0 Å². The van der Waals surface area contributed by atoms with Gasteiger partial charge in [0.25, 0.3) is 0 Å². The molecular weight excluding hydrogens is 701 g/mol. The lowest BCUT2D eigenvalue weighted by atomic mass is 10.00. The van der Waals surface area contributed by atoms with Gasteiger partial charge in [-0.25, -0.2) is 14.0 Å². The average Bonchev–Trinajstić information content (AvgIpc) is 2.84. The molecule has 4 nitrogen and oxygen atoms in total. The van der Waals surface area contributed by atoms with E-state index in [1.165, 1.54) is 0 Å². The number of carbonyl (C=O) groups is 2. The summed E-state index contributed by atoms with van der Waals surface area (Å²) in [5.74, 6) is -12.4. The first-order chi connectivity index (χ1) is 20.3. The highest BCUT2D eigenvalue weighted by atomic mass is 19.4. The number of esters is 2. The molecule has 0 aliphatic carbocycles. The minimum absolute atomic E-state index is 0.284. The van der Waals surface area contributed by atoms with Crippen molar-refractivity contribution >= 4 is 11.9 Å². The predicted octanol–water partition coefficient (Wildman–Crippen LogP) is 9.43. The van der Waals surface area contributed by atoms with Gasteiger partial charge in [-0.3, -0.25) is 0 Å². The van der Waals surface area contributed by atoms with Crippen LogP contribution in [0.3, 0.4) is 0 Å². The number of hydrogen-bond acceptors (Lipinski definition) is 4. The standard InChI is InChI=1S/C23H9F19O4/c1-2-17(24,15(43)45-13-9(20(31,32)33)3-7(18(25,26)27)4-10(13)21(34,35)36)16(44)46-14-11(22(37,38)39)5-8(19(28,29)30)6-12(14)23(40,41)42/h3-6H,2H2,1H3. The van der Waals surface area contributed by atoms with Crippen molar-refractivity contribution in [1.29, 1.82) is 0 Å². The van der Waals surface area contributed by atoms with Gasteiger partial charge in [0.2, 0.25) is 0 Å². The normalized spacial score (nSPS) is 13.9. The summed E-state index contributed by atoms with van der Waals surface area (Å²) in [4.78, 5) is 24.9. The summed E-state index contributed by atoms with van der Waals surface area (Å²) in [7, 11) is 0. The molecule has 2 aromatic rings. The predicted molar refractivity (Wildman–Crippen MR) is 108 cm³/mol. The van der Waals surface area contributed by atoms with E-state index in [9.17, 15) is 88.6 Å². The van der Waals surface area contributed by atoms with Crippen molar-refractivity contribution in [2.45, 2.75) is 56.1 Å². The van der Waals surface area contributed by atoms with Gasteiger partial charge in [-0.05, 0) is 24.3 Å². The monoisotopic (exact) mass is 710 g/mol. The van der Waals surface area contributed by atoms with Gasteiger partial charge in [0.15, 0.2) is 11.5 Å². The molecule has 0 heterocycles. The first-order valence-corrected chi connectivity index (χ1v) is 11.2. The fraction of sp³-hybridized carbons (Fsp3) is 0.391. The van der Waals surface area contributed by atoms with Crippen LogP contribution in [-0.2, 0) is 46.6 Å². The molecule has 2 aromatic carbocycles. The van der Waals surface area contributed by atoms with Crippen molar-refractivity contribution in [3.05, 3.63) is 57.6 Å². The number of carbonyl (C=O) groups excluding carboxylic acids is 2. The summed E-state index contributed by atoms with van der Waals surface area (Å²) in [6.07, 6.45) is -38.9. The highest BCUT2D eigenvalue weighted by Gasteiger charge is 2.54. The summed E-state index contributed by atoms with van der Waals surface area (Å²) in [6.45, 7) is 0.284. The van der Waals surface area contributed by atoms with Gasteiger partial charge >= 0.3 is 54.7 Å². The maximum atomic E-state index is 15.5. The van der Waals surface area contributed by atoms with Crippen molar-refractivity contribution in [2.24, 2.45) is 0 Å². The van der Waals surface area contributed by atoms with E-state index in [4.69, 9.17) is 0 Å². The van der Waals surface area contributed by atoms with E-state index in [2.05, 4.69) is 9.47 Å². The van der Waals surface area contributed by atoms with Crippen LogP contribution in [-0.4, -0.2) is 17.6 Å². The molecule has 0 saturated carbocycles. The number of ether oxygens (including phenoxy) is 2.